The molecule has 0 saturated carbocycles. The largest absolute Gasteiger partial charge is 0.443 e. The minimum Gasteiger partial charge on any atom is -0.443 e. The fraction of sp³-hybridized carbons (Fsp3) is 0.559. The van der Waals surface area contributed by atoms with Gasteiger partial charge in [-0.2, -0.15) is 10.4 Å². The molecule has 45 heavy (non-hydrogen) atoms. The normalized spacial score (nSPS) is 17.2. The third-order valence-electron chi connectivity index (χ3n) is 8.67. The fourth-order valence-corrected chi connectivity index (χ4v) is 6.04. The topological polar surface area (TPSA) is 118 Å². The van der Waals surface area contributed by atoms with Crippen molar-refractivity contribution < 1.29 is 14.0 Å². The number of hydrogen-bond donors (Lipinski definition) is 1. The Balaban J connectivity index is 1.79. The Morgan fingerprint density at radius 3 is 2.33 bits per heavy atom. The molecule has 1 N–H and O–H groups in total. The number of anilines is 3. The van der Waals surface area contributed by atoms with E-state index in [1.54, 1.807) is 21.8 Å². The SMILES string of the molecule is Cn1nc(C(C)(C)C)cc1Nc1nccc(-c2cc(C#N)c3c(c2)C(C)(CO[Si](C)(C)C(C)(C)C)CN3C(=O)OC(C)(C)C)n1. The molecular weight excluding hydrogens is 583 g/mol. The second-order valence-electron chi connectivity index (χ2n) is 15.9. The number of rotatable bonds is 6. The number of carbonyl (C=O) groups is 1. The molecule has 0 bridgehead atoms. The summed E-state index contributed by atoms with van der Waals surface area (Å²) in [5, 5.41) is 18.3. The van der Waals surface area contributed by atoms with E-state index in [1.807, 2.05) is 46.0 Å². The maximum absolute atomic E-state index is 13.5. The third-order valence-corrected chi connectivity index (χ3v) is 13.1. The van der Waals surface area contributed by atoms with Crippen LogP contribution in [0.25, 0.3) is 11.3 Å². The smallest absolute Gasteiger partial charge is 0.414 e. The van der Waals surface area contributed by atoms with Gasteiger partial charge in [-0.25, -0.2) is 14.8 Å². The minimum atomic E-state index is -2.12. The zero-order valence-corrected chi connectivity index (χ0v) is 30.2. The summed E-state index contributed by atoms with van der Waals surface area (Å²) in [5.74, 6) is 1.18. The molecule has 1 unspecified atom stereocenters. The zero-order valence-electron chi connectivity index (χ0n) is 29.2. The molecular formula is C34H49N7O3Si. The number of benzene rings is 1. The lowest BCUT2D eigenvalue weighted by atomic mass is 9.83. The van der Waals surface area contributed by atoms with E-state index in [9.17, 15) is 10.1 Å². The van der Waals surface area contributed by atoms with Crippen molar-refractivity contribution in [1.82, 2.24) is 19.7 Å². The Morgan fingerprint density at radius 1 is 1.11 bits per heavy atom. The van der Waals surface area contributed by atoms with Gasteiger partial charge in [-0.1, -0.05) is 48.5 Å². The average Bonchev–Trinajstić information content (AvgIpc) is 3.43. The molecule has 0 fully saturated rings. The number of nitriles is 1. The van der Waals surface area contributed by atoms with Crippen LogP contribution >= 0.6 is 0 Å². The van der Waals surface area contributed by atoms with Crippen molar-refractivity contribution in [3.05, 3.63) is 47.3 Å². The maximum atomic E-state index is 13.5. The summed E-state index contributed by atoms with van der Waals surface area (Å²) in [5.41, 5.74) is 2.77. The molecule has 11 heteroatoms. The van der Waals surface area contributed by atoms with Crippen molar-refractivity contribution in [2.24, 2.45) is 7.05 Å². The van der Waals surface area contributed by atoms with Gasteiger partial charge in [0.2, 0.25) is 5.95 Å². The molecule has 1 amide bonds. The summed E-state index contributed by atoms with van der Waals surface area (Å²) < 4.78 is 14.3. The molecule has 1 atom stereocenters. The van der Waals surface area contributed by atoms with Crippen LogP contribution in [0.4, 0.5) is 22.2 Å². The molecule has 3 heterocycles. The molecule has 0 spiro atoms. The van der Waals surface area contributed by atoms with Crippen LogP contribution in [-0.2, 0) is 27.0 Å². The lowest BCUT2D eigenvalue weighted by molar-refractivity contribution is 0.0575. The highest BCUT2D eigenvalue weighted by Gasteiger charge is 2.47. The molecule has 1 aromatic carbocycles. The Bertz CT molecular complexity index is 1640. The lowest BCUT2D eigenvalue weighted by Gasteiger charge is -2.39. The molecule has 0 aliphatic carbocycles. The number of aromatic nitrogens is 4. The Kier molecular flexibility index (Phi) is 8.76. The first-order valence-corrected chi connectivity index (χ1v) is 18.3. The number of nitrogens with zero attached hydrogens (tertiary/aromatic N) is 6. The summed E-state index contributed by atoms with van der Waals surface area (Å²) in [7, 11) is -0.244. The highest BCUT2D eigenvalue weighted by atomic mass is 28.4. The summed E-state index contributed by atoms with van der Waals surface area (Å²) in [4.78, 5) is 24.4. The molecule has 0 saturated heterocycles. The summed E-state index contributed by atoms with van der Waals surface area (Å²) in [6.07, 6.45) is 1.21. The van der Waals surface area contributed by atoms with Gasteiger partial charge in [-0.05, 0) is 62.7 Å². The number of nitrogens with one attached hydrogen (secondary N) is 1. The number of ether oxygens (including phenoxy) is 1. The van der Waals surface area contributed by atoms with Crippen molar-refractivity contribution in [2.75, 3.05) is 23.4 Å². The first-order valence-electron chi connectivity index (χ1n) is 15.4. The summed E-state index contributed by atoms with van der Waals surface area (Å²) in [6, 6.07) is 9.98. The van der Waals surface area contributed by atoms with Gasteiger partial charge in [-0.3, -0.25) is 9.58 Å². The Labute approximate surface area is 269 Å². The first kappa shape index (κ1) is 34.1. The quantitative estimate of drug-likeness (QED) is 0.274. The first-order chi connectivity index (χ1) is 20.5. The van der Waals surface area contributed by atoms with Crippen molar-refractivity contribution in [1.29, 1.82) is 5.26 Å². The van der Waals surface area contributed by atoms with E-state index in [-0.39, 0.29) is 10.5 Å². The summed E-state index contributed by atoms with van der Waals surface area (Å²) in [6.45, 7) is 25.8. The Morgan fingerprint density at radius 2 is 1.78 bits per heavy atom. The standard InChI is InChI=1S/C34H49N7O3Si/c1-31(2,3)26-18-27(40(11)39-26)38-29-36-15-14-25(37-29)22-16-23(19-35)28-24(17-22)34(10,21-43-45(12,13)33(7,8)9)20-41(28)30(42)44-32(4,5)6/h14-18H,20-21H2,1-13H3,(H,36,37,38). The van der Waals surface area contributed by atoms with E-state index < -0.39 is 25.4 Å². The van der Waals surface area contributed by atoms with E-state index in [1.165, 1.54) is 0 Å². The number of fused-ring (bicyclic) bond motifs is 1. The van der Waals surface area contributed by atoms with Crippen LogP contribution in [0.5, 0.6) is 0 Å². The van der Waals surface area contributed by atoms with Crippen LogP contribution in [0.2, 0.25) is 18.1 Å². The van der Waals surface area contributed by atoms with Gasteiger partial charge in [-0.15, -0.1) is 0 Å². The second-order valence-corrected chi connectivity index (χ2v) is 20.7. The molecule has 2 aromatic heterocycles. The zero-order chi connectivity index (χ0) is 33.8. The van der Waals surface area contributed by atoms with Gasteiger partial charge in [0.05, 0.1) is 22.6 Å². The molecule has 10 nitrogen and oxygen atoms in total. The monoisotopic (exact) mass is 631 g/mol. The van der Waals surface area contributed by atoms with E-state index in [0.717, 1.165) is 22.6 Å². The highest BCUT2D eigenvalue weighted by Crippen LogP contribution is 2.47. The maximum Gasteiger partial charge on any atom is 0.414 e. The van der Waals surface area contributed by atoms with E-state index in [4.69, 9.17) is 14.1 Å². The van der Waals surface area contributed by atoms with Gasteiger partial charge in [0.1, 0.15) is 17.5 Å². The number of aryl methyl sites for hydroxylation is 1. The number of amides is 1. The molecule has 242 valence electrons. The van der Waals surface area contributed by atoms with Gasteiger partial charge < -0.3 is 14.5 Å². The molecule has 3 aromatic rings. The predicted molar refractivity (Wildman–Crippen MR) is 181 cm³/mol. The van der Waals surface area contributed by atoms with Gasteiger partial charge in [0.25, 0.3) is 0 Å². The number of hydrogen-bond acceptors (Lipinski definition) is 8. The van der Waals surface area contributed by atoms with E-state index in [0.29, 0.717) is 36.0 Å². The average molecular weight is 632 g/mol. The Hall–Kier alpha value is -3.75. The van der Waals surface area contributed by atoms with Crippen LogP contribution < -0.4 is 10.2 Å². The lowest BCUT2D eigenvalue weighted by Crippen LogP contribution is -2.46. The van der Waals surface area contributed by atoms with E-state index >= 15 is 0 Å². The second kappa shape index (κ2) is 11.6. The number of carbonyl (C=O) groups excluding carboxylic acids is 1. The summed E-state index contributed by atoms with van der Waals surface area (Å²) >= 11 is 0. The molecule has 1 aliphatic heterocycles. The fourth-order valence-electron chi connectivity index (χ4n) is 4.93. The van der Waals surface area contributed by atoms with E-state index in [2.05, 4.69) is 83.0 Å². The van der Waals surface area contributed by atoms with Crippen LogP contribution in [0.3, 0.4) is 0 Å². The minimum absolute atomic E-state index is 0.0151. The highest BCUT2D eigenvalue weighted by molar-refractivity contribution is 6.74. The van der Waals surface area contributed by atoms with Crippen molar-refractivity contribution in [3.8, 4) is 17.3 Å². The van der Waals surface area contributed by atoms with Gasteiger partial charge in [0.15, 0.2) is 8.32 Å². The third kappa shape index (κ3) is 7.23. The van der Waals surface area contributed by atoms with Crippen molar-refractivity contribution in [2.45, 2.75) is 104 Å². The molecule has 1 aliphatic rings. The predicted octanol–water partition coefficient (Wildman–Crippen LogP) is 7.82. The van der Waals surface area contributed by atoms with Gasteiger partial charge >= 0.3 is 6.09 Å². The van der Waals surface area contributed by atoms with Crippen LogP contribution in [0.1, 0.15) is 86.1 Å². The molecule has 0 radical (unpaired) electrons. The van der Waals surface area contributed by atoms with Crippen LogP contribution in [-0.4, -0.2) is 52.9 Å². The molecule has 4 rings (SSSR count). The van der Waals surface area contributed by atoms with Crippen LogP contribution in [0, 0.1) is 11.3 Å². The van der Waals surface area contributed by atoms with Crippen LogP contribution in [0.15, 0.2) is 30.5 Å². The van der Waals surface area contributed by atoms with Gasteiger partial charge in [0, 0.05) is 48.9 Å². The van der Waals surface area contributed by atoms with Crippen molar-refractivity contribution in [3.63, 3.8) is 0 Å². The van der Waals surface area contributed by atoms with Crippen molar-refractivity contribution >= 4 is 31.9 Å².